The molecule has 0 heterocycles. The van der Waals surface area contributed by atoms with Crippen molar-refractivity contribution >= 4 is 11.9 Å². The van der Waals surface area contributed by atoms with E-state index in [1.807, 2.05) is 37.3 Å². The summed E-state index contributed by atoms with van der Waals surface area (Å²) in [6.07, 6.45) is -0.216. The predicted octanol–water partition coefficient (Wildman–Crippen LogP) is 0.666. The van der Waals surface area contributed by atoms with E-state index in [0.717, 1.165) is 5.56 Å². The maximum Gasteiger partial charge on any atom is 0.321 e. The number of rotatable bonds is 5. The van der Waals surface area contributed by atoms with Gasteiger partial charge in [0.15, 0.2) is 0 Å². The van der Waals surface area contributed by atoms with Crippen LogP contribution in [0.5, 0.6) is 0 Å². The third-order valence-corrected chi connectivity index (χ3v) is 2.40. The quantitative estimate of drug-likeness (QED) is 0.700. The van der Waals surface area contributed by atoms with Gasteiger partial charge in [-0.3, -0.25) is 9.59 Å². The van der Waals surface area contributed by atoms with Crippen LogP contribution in [-0.2, 0) is 9.59 Å². The van der Waals surface area contributed by atoms with E-state index in [4.69, 9.17) is 10.8 Å². The van der Waals surface area contributed by atoms with Crippen LogP contribution < -0.4 is 11.1 Å². The number of carbonyl (C=O) groups is 2. The van der Waals surface area contributed by atoms with Crippen LogP contribution in [0.25, 0.3) is 0 Å². The number of amides is 1. The summed E-state index contributed by atoms with van der Waals surface area (Å²) in [6.45, 7) is 1.83. The summed E-state index contributed by atoms with van der Waals surface area (Å²) in [5, 5.41) is 11.3. The summed E-state index contributed by atoms with van der Waals surface area (Å²) < 4.78 is 0. The Labute approximate surface area is 99.6 Å². The maximum atomic E-state index is 11.5. The lowest BCUT2D eigenvalue weighted by atomic mass is 10.1. The molecule has 0 fully saturated rings. The van der Waals surface area contributed by atoms with E-state index in [-0.39, 0.29) is 18.4 Å². The van der Waals surface area contributed by atoms with Gasteiger partial charge in [0.25, 0.3) is 0 Å². The summed E-state index contributed by atoms with van der Waals surface area (Å²) in [5.74, 6) is -1.54. The third-order valence-electron chi connectivity index (χ3n) is 2.40. The molecule has 0 aliphatic carbocycles. The molecule has 0 saturated carbocycles. The van der Waals surface area contributed by atoms with Crippen molar-refractivity contribution < 1.29 is 14.7 Å². The second-order valence-corrected chi connectivity index (χ2v) is 3.85. The van der Waals surface area contributed by atoms with Gasteiger partial charge in [-0.1, -0.05) is 30.3 Å². The highest BCUT2D eigenvalue weighted by Gasteiger charge is 2.17. The molecule has 0 saturated heterocycles. The molecule has 5 heteroatoms. The standard InChI is InChI=1S/C12H16N2O3/c1-8(9-5-3-2-4-6-9)14-11(15)7-10(13)12(16)17/h2-6,8,10H,7,13H2,1H3,(H,14,15)(H,16,17). The van der Waals surface area contributed by atoms with Crippen molar-refractivity contribution in [2.24, 2.45) is 5.73 Å². The Balaban J connectivity index is 2.49. The molecule has 1 aromatic rings. The Morgan fingerprint density at radius 2 is 1.94 bits per heavy atom. The summed E-state index contributed by atoms with van der Waals surface area (Å²) >= 11 is 0. The number of hydrogen-bond acceptors (Lipinski definition) is 3. The van der Waals surface area contributed by atoms with Crippen molar-refractivity contribution in [3.63, 3.8) is 0 Å². The summed E-state index contributed by atoms with van der Waals surface area (Å²) in [4.78, 5) is 22.0. The van der Waals surface area contributed by atoms with Gasteiger partial charge in [0.05, 0.1) is 12.5 Å². The first-order valence-corrected chi connectivity index (χ1v) is 5.33. The molecule has 0 aliphatic heterocycles. The summed E-state index contributed by atoms with van der Waals surface area (Å²) in [5.41, 5.74) is 6.23. The van der Waals surface area contributed by atoms with E-state index in [2.05, 4.69) is 5.32 Å². The predicted molar refractivity (Wildman–Crippen MR) is 63.2 cm³/mol. The molecule has 2 atom stereocenters. The highest BCUT2D eigenvalue weighted by atomic mass is 16.4. The molecule has 92 valence electrons. The number of carbonyl (C=O) groups excluding carboxylic acids is 1. The molecular formula is C12H16N2O3. The Kier molecular flexibility index (Phi) is 4.66. The lowest BCUT2D eigenvalue weighted by Crippen LogP contribution is -2.37. The fourth-order valence-corrected chi connectivity index (χ4v) is 1.41. The number of aliphatic carboxylic acids is 1. The van der Waals surface area contributed by atoms with Crippen molar-refractivity contribution in [3.8, 4) is 0 Å². The molecule has 2 unspecified atom stereocenters. The monoisotopic (exact) mass is 236 g/mol. The number of nitrogens with one attached hydrogen (secondary N) is 1. The van der Waals surface area contributed by atoms with Gasteiger partial charge in [-0.15, -0.1) is 0 Å². The van der Waals surface area contributed by atoms with Gasteiger partial charge in [0.1, 0.15) is 6.04 Å². The molecule has 0 aromatic heterocycles. The second-order valence-electron chi connectivity index (χ2n) is 3.85. The van der Waals surface area contributed by atoms with Crippen LogP contribution in [0.1, 0.15) is 24.9 Å². The SMILES string of the molecule is CC(NC(=O)CC(N)C(=O)O)c1ccccc1. The lowest BCUT2D eigenvalue weighted by Gasteiger charge is -2.15. The van der Waals surface area contributed by atoms with Crippen LogP contribution in [0, 0.1) is 0 Å². The molecule has 0 radical (unpaired) electrons. The van der Waals surface area contributed by atoms with E-state index >= 15 is 0 Å². The third kappa shape index (κ3) is 4.24. The van der Waals surface area contributed by atoms with E-state index < -0.39 is 12.0 Å². The number of carboxylic acids is 1. The molecule has 0 spiro atoms. The van der Waals surface area contributed by atoms with Gasteiger partial charge < -0.3 is 16.2 Å². The number of benzene rings is 1. The smallest absolute Gasteiger partial charge is 0.321 e. The van der Waals surface area contributed by atoms with Gasteiger partial charge in [0, 0.05) is 0 Å². The zero-order valence-corrected chi connectivity index (χ0v) is 9.59. The number of nitrogens with two attached hydrogens (primary N) is 1. The molecule has 0 bridgehead atoms. The zero-order valence-electron chi connectivity index (χ0n) is 9.59. The molecule has 0 aliphatic rings. The van der Waals surface area contributed by atoms with E-state index in [1.54, 1.807) is 0 Å². The summed E-state index contributed by atoms with van der Waals surface area (Å²) in [6, 6.07) is 8.10. The second kappa shape index (κ2) is 6.00. The van der Waals surface area contributed by atoms with Gasteiger partial charge in [-0.25, -0.2) is 0 Å². The first kappa shape index (κ1) is 13.2. The minimum absolute atomic E-state index is 0.162. The zero-order chi connectivity index (χ0) is 12.8. The number of carboxylic acid groups (broad SMARTS) is 1. The molecule has 4 N–H and O–H groups in total. The first-order chi connectivity index (χ1) is 8.00. The van der Waals surface area contributed by atoms with Gasteiger partial charge >= 0.3 is 5.97 Å². The van der Waals surface area contributed by atoms with Gasteiger partial charge in [-0.05, 0) is 12.5 Å². The Bertz CT molecular complexity index is 392. The molecule has 1 aromatic carbocycles. The molecule has 5 nitrogen and oxygen atoms in total. The minimum atomic E-state index is -1.17. The van der Waals surface area contributed by atoms with Gasteiger partial charge in [-0.2, -0.15) is 0 Å². The lowest BCUT2D eigenvalue weighted by molar-refractivity contribution is -0.140. The average molecular weight is 236 g/mol. The van der Waals surface area contributed by atoms with Crippen molar-refractivity contribution in [3.05, 3.63) is 35.9 Å². The molecule has 1 amide bonds. The minimum Gasteiger partial charge on any atom is -0.480 e. The van der Waals surface area contributed by atoms with Crippen molar-refractivity contribution in [1.29, 1.82) is 0 Å². The van der Waals surface area contributed by atoms with Crippen molar-refractivity contribution in [2.75, 3.05) is 0 Å². The Hall–Kier alpha value is -1.88. The van der Waals surface area contributed by atoms with Gasteiger partial charge in [0.2, 0.25) is 5.91 Å². The van der Waals surface area contributed by atoms with Crippen molar-refractivity contribution in [1.82, 2.24) is 5.32 Å². The van der Waals surface area contributed by atoms with E-state index in [9.17, 15) is 9.59 Å². The number of hydrogen-bond donors (Lipinski definition) is 3. The van der Waals surface area contributed by atoms with Crippen LogP contribution in [0.15, 0.2) is 30.3 Å². The molecule has 17 heavy (non-hydrogen) atoms. The topological polar surface area (TPSA) is 92.4 Å². The highest BCUT2D eigenvalue weighted by molar-refractivity contribution is 5.84. The normalized spacial score (nSPS) is 13.8. The molecule has 1 rings (SSSR count). The fourth-order valence-electron chi connectivity index (χ4n) is 1.41. The maximum absolute atomic E-state index is 11.5. The fraction of sp³-hybridized carbons (Fsp3) is 0.333. The largest absolute Gasteiger partial charge is 0.480 e. The highest BCUT2D eigenvalue weighted by Crippen LogP contribution is 2.11. The van der Waals surface area contributed by atoms with Crippen LogP contribution in [-0.4, -0.2) is 23.0 Å². The van der Waals surface area contributed by atoms with E-state index in [0.29, 0.717) is 0 Å². The van der Waals surface area contributed by atoms with Crippen LogP contribution in [0.3, 0.4) is 0 Å². The van der Waals surface area contributed by atoms with Crippen LogP contribution >= 0.6 is 0 Å². The van der Waals surface area contributed by atoms with Crippen molar-refractivity contribution in [2.45, 2.75) is 25.4 Å². The van der Waals surface area contributed by atoms with Crippen LogP contribution in [0.4, 0.5) is 0 Å². The summed E-state index contributed by atoms with van der Waals surface area (Å²) in [7, 11) is 0. The average Bonchev–Trinajstić information content (AvgIpc) is 2.29. The van der Waals surface area contributed by atoms with Crippen LogP contribution in [0.2, 0.25) is 0 Å². The first-order valence-electron chi connectivity index (χ1n) is 5.33. The molecular weight excluding hydrogens is 220 g/mol. The Morgan fingerprint density at radius 1 is 1.35 bits per heavy atom. The Morgan fingerprint density at radius 3 is 2.47 bits per heavy atom. The van der Waals surface area contributed by atoms with E-state index in [1.165, 1.54) is 0 Å².